The molecule has 21 heavy (non-hydrogen) atoms. The van der Waals surface area contributed by atoms with Gasteiger partial charge >= 0.3 is 5.97 Å². The number of ether oxygens (including phenoxy) is 1. The van der Waals surface area contributed by atoms with Crippen LogP contribution in [0.1, 0.15) is 34.5 Å². The zero-order valence-corrected chi connectivity index (χ0v) is 13.1. The van der Waals surface area contributed by atoms with Crippen molar-refractivity contribution in [1.29, 1.82) is 0 Å². The van der Waals surface area contributed by atoms with Gasteiger partial charge in [-0.2, -0.15) is 0 Å². The molecule has 3 nitrogen and oxygen atoms in total. The Balaban J connectivity index is 2.31. The van der Waals surface area contributed by atoms with E-state index in [9.17, 15) is 4.79 Å². The van der Waals surface area contributed by atoms with Crippen molar-refractivity contribution < 1.29 is 9.53 Å². The molecule has 0 fully saturated rings. The summed E-state index contributed by atoms with van der Waals surface area (Å²) >= 11 is 6.21. The lowest BCUT2D eigenvalue weighted by atomic mass is 10.1. The molecule has 0 aliphatic carbocycles. The summed E-state index contributed by atoms with van der Waals surface area (Å²) in [6, 6.07) is 13.3. The second-order valence-electron chi connectivity index (χ2n) is 4.93. The molecule has 2 aromatic rings. The van der Waals surface area contributed by atoms with Gasteiger partial charge < -0.3 is 10.1 Å². The quantitative estimate of drug-likeness (QED) is 0.838. The first-order chi connectivity index (χ1) is 10.0. The molecule has 0 aliphatic heterocycles. The summed E-state index contributed by atoms with van der Waals surface area (Å²) in [7, 11) is 1.38. The van der Waals surface area contributed by atoms with Gasteiger partial charge in [0.1, 0.15) is 0 Å². The number of hydrogen-bond acceptors (Lipinski definition) is 3. The summed E-state index contributed by atoms with van der Waals surface area (Å²) in [5.74, 6) is -0.354. The van der Waals surface area contributed by atoms with Crippen LogP contribution in [0.5, 0.6) is 0 Å². The lowest BCUT2D eigenvalue weighted by Crippen LogP contribution is -2.12. The third-order valence-corrected chi connectivity index (χ3v) is 3.67. The second kappa shape index (κ2) is 6.64. The predicted molar refractivity (Wildman–Crippen MR) is 86.0 cm³/mol. The summed E-state index contributed by atoms with van der Waals surface area (Å²) in [6.45, 7) is 3.94. The topological polar surface area (TPSA) is 38.3 Å². The Morgan fingerprint density at radius 1 is 1.24 bits per heavy atom. The second-order valence-corrected chi connectivity index (χ2v) is 5.34. The standard InChI is InChI=1S/C17H18ClNO2/c1-11-8-9-16(14(10-11)17(20)21-3)19-12(2)13-6-4-5-7-15(13)18/h4-10,12,19H,1-3H3. The molecule has 0 bridgehead atoms. The average Bonchev–Trinajstić information content (AvgIpc) is 2.48. The van der Waals surface area contributed by atoms with Crippen molar-refractivity contribution in [3.8, 4) is 0 Å². The van der Waals surface area contributed by atoms with Crippen LogP contribution in [0.25, 0.3) is 0 Å². The number of rotatable bonds is 4. The summed E-state index contributed by atoms with van der Waals surface area (Å²) < 4.78 is 4.84. The number of benzene rings is 2. The number of methoxy groups -OCH3 is 1. The minimum Gasteiger partial charge on any atom is -0.465 e. The molecule has 0 aromatic heterocycles. The molecular weight excluding hydrogens is 286 g/mol. The number of halogens is 1. The Morgan fingerprint density at radius 3 is 2.62 bits per heavy atom. The molecule has 0 heterocycles. The molecule has 110 valence electrons. The van der Waals surface area contributed by atoms with Crippen molar-refractivity contribution in [2.75, 3.05) is 12.4 Å². The molecular formula is C17H18ClNO2. The zero-order chi connectivity index (χ0) is 15.4. The van der Waals surface area contributed by atoms with Crippen LogP contribution >= 0.6 is 11.6 Å². The van der Waals surface area contributed by atoms with Crippen molar-refractivity contribution >= 4 is 23.3 Å². The Labute approximate surface area is 129 Å². The summed E-state index contributed by atoms with van der Waals surface area (Å²) in [5, 5.41) is 4.02. The van der Waals surface area contributed by atoms with Gasteiger partial charge in [0, 0.05) is 10.7 Å². The van der Waals surface area contributed by atoms with E-state index in [0.29, 0.717) is 10.6 Å². The molecule has 2 rings (SSSR count). The van der Waals surface area contributed by atoms with Crippen LogP contribution in [0.3, 0.4) is 0 Å². The van der Waals surface area contributed by atoms with E-state index in [4.69, 9.17) is 16.3 Å². The summed E-state index contributed by atoms with van der Waals surface area (Å²) in [4.78, 5) is 11.9. The highest BCUT2D eigenvalue weighted by Gasteiger charge is 2.15. The van der Waals surface area contributed by atoms with Gasteiger partial charge in [0.2, 0.25) is 0 Å². The maximum absolute atomic E-state index is 11.9. The highest BCUT2D eigenvalue weighted by molar-refractivity contribution is 6.31. The van der Waals surface area contributed by atoms with E-state index in [1.54, 1.807) is 0 Å². The van der Waals surface area contributed by atoms with Crippen molar-refractivity contribution in [2.45, 2.75) is 19.9 Å². The van der Waals surface area contributed by atoms with Gasteiger partial charge in [-0.3, -0.25) is 0 Å². The van der Waals surface area contributed by atoms with Crippen molar-refractivity contribution in [1.82, 2.24) is 0 Å². The molecule has 0 saturated heterocycles. The fraction of sp³-hybridized carbons (Fsp3) is 0.235. The Kier molecular flexibility index (Phi) is 4.86. The van der Waals surface area contributed by atoms with Gasteiger partial charge in [0.15, 0.2) is 0 Å². The number of carbonyl (C=O) groups is 1. The number of anilines is 1. The minimum absolute atomic E-state index is 0.0233. The first kappa shape index (κ1) is 15.4. The van der Waals surface area contributed by atoms with Crippen LogP contribution < -0.4 is 5.32 Å². The van der Waals surface area contributed by atoms with Crippen molar-refractivity contribution in [3.63, 3.8) is 0 Å². The number of carbonyl (C=O) groups excluding carboxylic acids is 1. The smallest absolute Gasteiger partial charge is 0.339 e. The number of nitrogens with one attached hydrogen (secondary N) is 1. The number of hydrogen-bond donors (Lipinski definition) is 1. The molecule has 4 heteroatoms. The highest BCUT2D eigenvalue weighted by atomic mass is 35.5. The van der Waals surface area contributed by atoms with E-state index in [1.165, 1.54) is 7.11 Å². The molecule has 1 N–H and O–H groups in total. The molecule has 0 aliphatic rings. The van der Waals surface area contributed by atoms with E-state index in [0.717, 1.165) is 16.8 Å². The van der Waals surface area contributed by atoms with E-state index >= 15 is 0 Å². The van der Waals surface area contributed by atoms with E-state index < -0.39 is 0 Å². The van der Waals surface area contributed by atoms with Gasteiger partial charge in [-0.1, -0.05) is 41.4 Å². The third kappa shape index (κ3) is 3.56. The summed E-state index contributed by atoms with van der Waals surface area (Å²) in [5.41, 5.74) is 3.25. The van der Waals surface area contributed by atoms with Crippen LogP contribution in [0.2, 0.25) is 5.02 Å². The van der Waals surface area contributed by atoms with Gasteiger partial charge in [0.05, 0.1) is 18.7 Å². The van der Waals surface area contributed by atoms with Crippen LogP contribution in [-0.4, -0.2) is 13.1 Å². The predicted octanol–water partition coefficient (Wildman–Crippen LogP) is 4.61. The first-order valence-electron chi connectivity index (χ1n) is 6.73. The molecule has 1 atom stereocenters. The van der Waals surface area contributed by atoms with E-state index in [1.807, 2.05) is 56.3 Å². The van der Waals surface area contributed by atoms with Gasteiger partial charge in [-0.05, 0) is 37.6 Å². The van der Waals surface area contributed by atoms with Gasteiger partial charge in [0.25, 0.3) is 0 Å². The largest absolute Gasteiger partial charge is 0.465 e. The SMILES string of the molecule is COC(=O)c1cc(C)ccc1NC(C)c1ccccc1Cl. The van der Waals surface area contributed by atoms with Crippen LogP contribution in [0.15, 0.2) is 42.5 Å². The molecule has 0 spiro atoms. The maximum Gasteiger partial charge on any atom is 0.339 e. The molecule has 0 amide bonds. The van der Waals surface area contributed by atoms with Crippen molar-refractivity contribution in [3.05, 3.63) is 64.2 Å². The average molecular weight is 304 g/mol. The lowest BCUT2D eigenvalue weighted by molar-refractivity contribution is 0.0601. The third-order valence-electron chi connectivity index (χ3n) is 3.32. The Morgan fingerprint density at radius 2 is 1.95 bits per heavy atom. The van der Waals surface area contributed by atoms with E-state index in [2.05, 4.69) is 5.32 Å². The zero-order valence-electron chi connectivity index (χ0n) is 12.3. The van der Waals surface area contributed by atoms with Gasteiger partial charge in [-0.25, -0.2) is 4.79 Å². The summed E-state index contributed by atoms with van der Waals surface area (Å²) in [6.07, 6.45) is 0. The molecule has 2 aromatic carbocycles. The Hall–Kier alpha value is -2.00. The van der Waals surface area contributed by atoms with Crippen molar-refractivity contribution in [2.24, 2.45) is 0 Å². The Bertz CT molecular complexity index is 655. The monoisotopic (exact) mass is 303 g/mol. The minimum atomic E-state index is -0.354. The van der Waals surface area contributed by atoms with Crippen LogP contribution in [0, 0.1) is 6.92 Å². The fourth-order valence-corrected chi connectivity index (χ4v) is 2.50. The molecule has 0 saturated carbocycles. The highest BCUT2D eigenvalue weighted by Crippen LogP contribution is 2.28. The van der Waals surface area contributed by atoms with Gasteiger partial charge in [-0.15, -0.1) is 0 Å². The van der Waals surface area contributed by atoms with Crippen LogP contribution in [0.4, 0.5) is 5.69 Å². The fourth-order valence-electron chi connectivity index (χ4n) is 2.20. The molecule has 0 radical (unpaired) electrons. The number of esters is 1. The normalized spacial score (nSPS) is 11.8. The first-order valence-corrected chi connectivity index (χ1v) is 7.10. The molecule has 1 unspecified atom stereocenters. The maximum atomic E-state index is 11.9. The number of aryl methyl sites for hydroxylation is 1. The van der Waals surface area contributed by atoms with Crippen LogP contribution in [-0.2, 0) is 4.74 Å². The lowest BCUT2D eigenvalue weighted by Gasteiger charge is -2.19. The van der Waals surface area contributed by atoms with E-state index in [-0.39, 0.29) is 12.0 Å².